The molecule has 0 atom stereocenters. The number of carbonyl (C=O) groups excluding carboxylic acids is 2. The number of nitrogens with one attached hydrogen (secondary N) is 1. The second-order valence-corrected chi connectivity index (χ2v) is 4.51. The Morgan fingerprint density at radius 2 is 2.18 bits per heavy atom. The van der Waals surface area contributed by atoms with Crippen molar-refractivity contribution < 1.29 is 14.3 Å². The van der Waals surface area contributed by atoms with Crippen LogP contribution in [0.15, 0.2) is 46.8 Å². The van der Waals surface area contributed by atoms with Crippen LogP contribution in [0.25, 0.3) is 6.08 Å². The lowest BCUT2D eigenvalue weighted by Crippen LogP contribution is -2.22. The third-order valence-corrected chi connectivity index (χ3v) is 3.21. The summed E-state index contributed by atoms with van der Waals surface area (Å²) in [7, 11) is 0. The van der Waals surface area contributed by atoms with E-state index in [1.807, 2.05) is 23.6 Å². The molecule has 3 rings (SSSR count). The molecule has 84 valence electrons. The van der Waals surface area contributed by atoms with Gasteiger partial charge in [0.1, 0.15) is 5.70 Å². The van der Waals surface area contributed by atoms with E-state index >= 15 is 0 Å². The lowest BCUT2D eigenvalue weighted by Gasteiger charge is -2.10. The predicted molar refractivity (Wildman–Crippen MR) is 62.7 cm³/mol. The van der Waals surface area contributed by atoms with Crippen molar-refractivity contribution in [2.45, 2.75) is 0 Å². The molecule has 0 saturated heterocycles. The second-order valence-electron chi connectivity index (χ2n) is 3.53. The minimum Gasteiger partial charge on any atom is -0.418 e. The number of dihydropyridines is 1. The van der Waals surface area contributed by atoms with Gasteiger partial charge in [-0.15, -0.1) is 11.3 Å². The molecule has 0 unspecified atom stereocenters. The molecule has 0 fully saturated rings. The molecule has 17 heavy (non-hydrogen) atoms. The molecule has 0 radical (unpaired) electrons. The van der Waals surface area contributed by atoms with E-state index in [0.717, 1.165) is 10.6 Å². The fraction of sp³-hybridized carbons (Fsp3) is 0. The number of ether oxygens (including phenoxy) is 1. The Morgan fingerprint density at radius 1 is 1.29 bits per heavy atom. The molecule has 4 nitrogen and oxygen atoms in total. The minimum atomic E-state index is -0.829. The number of hydrogen-bond donors (Lipinski definition) is 1. The molecule has 1 aromatic rings. The second kappa shape index (κ2) is 3.71. The lowest BCUT2D eigenvalue weighted by atomic mass is 10.2. The highest BCUT2D eigenvalue weighted by Gasteiger charge is 2.34. The van der Waals surface area contributed by atoms with E-state index in [1.54, 1.807) is 23.5 Å². The van der Waals surface area contributed by atoms with Gasteiger partial charge < -0.3 is 10.1 Å². The van der Waals surface area contributed by atoms with Gasteiger partial charge in [-0.1, -0.05) is 6.07 Å². The third-order valence-electron chi connectivity index (χ3n) is 2.39. The van der Waals surface area contributed by atoms with Crippen LogP contribution in [0.1, 0.15) is 4.88 Å². The topological polar surface area (TPSA) is 55.4 Å². The summed E-state index contributed by atoms with van der Waals surface area (Å²) in [6.45, 7) is 0. The summed E-state index contributed by atoms with van der Waals surface area (Å²) in [5.74, 6) is -1.16. The first-order valence-corrected chi connectivity index (χ1v) is 5.83. The highest BCUT2D eigenvalue weighted by Crippen LogP contribution is 2.23. The minimum absolute atomic E-state index is 0.223. The largest absolute Gasteiger partial charge is 0.418 e. The maximum Gasteiger partial charge on any atom is 0.386 e. The summed E-state index contributed by atoms with van der Waals surface area (Å²) >= 11 is 1.59. The molecular weight excluding hydrogens is 238 g/mol. The molecule has 5 heteroatoms. The molecule has 3 heterocycles. The van der Waals surface area contributed by atoms with Crippen LogP contribution < -0.4 is 5.32 Å². The molecule has 2 aliphatic rings. The molecule has 0 saturated carbocycles. The molecule has 0 bridgehead atoms. The maximum atomic E-state index is 11.4. The standard InChI is InChI=1S/C12H7NO3S/c14-11-10-9(16-12(11)15)4-3-7(13-10)6-8-2-1-5-17-8/h1-6,13H. The Labute approximate surface area is 101 Å². The van der Waals surface area contributed by atoms with Crippen LogP contribution in [0.4, 0.5) is 0 Å². The van der Waals surface area contributed by atoms with Crippen molar-refractivity contribution in [1.29, 1.82) is 0 Å². The molecule has 1 N–H and O–H groups in total. The number of rotatable bonds is 1. The Balaban J connectivity index is 1.90. The lowest BCUT2D eigenvalue weighted by molar-refractivity contribution is -0.146. The fourth-order valence-corrected chi connectivity index (χ4v) is 2.28. The fourth-order valence-electron chi connectivity index (χ4n) is 1.61. The number of carbonyl (C=O) groups is 2. The molecule has 0 amide bonds. The SMILES string of the molecule is O=C1OC2=C(NC(=Cc3cccs3)C=C2)C1=O. The van der Waals surface area contributed by atoms with Crippen LogP contribution in [0.2, 0.25) is 0 Å². The van der Waals surface area contributed by atoms with Gasteiger partial charge in [-0.25, -0.2) is 4.79 Å². The summed E-state index contributed by atoms with van der Waals surface area (Å²) in [5, 5.41) is 4.87. The van der Waals surface area contributed by atoms with E-state index in [-0.39, 0.29) is 5.70 Å². The van der Waals surface area contributed by atoms with Gasteiger partial charge in [0.2, 0.25) is 0 Å². The average molecular weight is 245 g/mol. The Kier molecular flexibility index (Phi) is 2.19. The monoisotopic (exact) mass is 245 g/mol. The van der Waals surface area contributed by atoms with E-state index in [4.69, 9.17) is 4.74 Å². The van der Waals surface area contributed by atoms with Crippen LogP contribution in [0.5, 0.6) is 0 Å². The van der Waals surface area contributed by atoms with Crippen LogP contribution in [-0.4, -0.2) is 11.8 Å². The van der Waals surface area contributed by atoms with Gasteiger partial charge in [0.25, 0.3) is 5.78 Å². The predicted octanol–water partition coefficient (Wildman–Crippen LogP) is 1.59. The zero-order valence-electron chi connectivity index (χ0n) is 8.60. The zero-order valence-corrected chi connectivity index (χ0v) is 9.41. The first-order valence-electron chi connectivity index (χ1n) is 4.95. The molecule has 2 aliphatic heterocycles. The quantitative estimate of drug-likeness (QED) is 0.603. The van der Waals surface area contributed by atoms with Crippen molar-refractivity contribution in [1.82, 2.24) is 5.32 Å². The summed E-state index contributed by atoms with van der Waals surface area (Å²) in [5.41, 5.74) is 0.984. The number of esters is 1. The Morgan fingerprint density at radius 3 is 2.94 bits per heavy atom. The molecule has 1 aromatic heterocycles. The van der Waals surface area contributed by atoms with Crippen molar-refractivity contribution in [3.8, 4) is 0 Å². The number of allylic oxidation sites excluding steroid dienone is 2. The van der Waals surface area contributed by atoms with Crippen LogP contribution in [0, 0.1) is 0 Å². The number of hydrogen-bond acceptors (Lipinski definition) is 5. The van der Waals surface area contributed by atoms with Gasteiger partial charge in [0.05, 0.1) is 0 Å². The summed E-state index contributed by atoms with van der Waals surface area (Å²) < 4.78 is 4.78. The van der Waals surface area contributed by atoms with Crippen molar-refractivity contribution in [3.05, 3.63) is 51.7 Å². The van der Waals surface area contributed by atoms with Gasteiger partial charge in [0, 0.05) is 10.6 Å². The number of thiophene rings is 1. The van der Waals surface area contributed by atoms with Crippen LogP contribution in [0.3, 0.4) is 0 Å². The van der Waals surface area contributed by atoms with Crippen molar-refractivity contribution in [3.63, 3.8) is 0 Å². The van der Waals surface area contributed by atoms with Gasteiger partial charge in [-0.05, 0) is 29.7 Å². The third kappa shape index (κ3) is 1.70. The van der Waals surface area contributed by atoms with Crippen molar-refractivity contribution >= 4 is 29.2 Å². The first kappa shape index (κ1) is 10.0. The average Bonchev–Trinajstić information content (AvgIpc) is 2.91. The highest BCUT2D eigenvalue weighted by molar-refractivity contribution is 7.10. The Hall–Kier alpha value is -2.14. The van der Waals surface area contributed by atoms with E-state index in [2.05, 4.69) is 5.32 Å². The molecule has 0 spiro atoms. The van der Waals surface area contributed by atoms with Crippen LogP contribution >= 0.6 is 11.3 Å². The Bertz CT molecular complexity index is 593. The molecule has 0 aromatic carbocycles. The van der Waals surface area contributed by atoms with E-state index in [0.29, 0.717) is 5.76 Å². The van der Waals surface area contributed by atoms with Crippen molar-refractivity contribution in [2.24, 2.45) is 0 Å². The highest BCUT2D eigenvalue weighted by atomic mass is 32.1. The normalized spacial score (nSPS) is 20.6. The van der Waals surface area contributed by atoms with E-state index < -0.39 is 11.8 Å². The van der Waals surface area contributed by atoms with Gasteiger partial charge in [-0.2, -0.15) is 0 Å². The molecule has 0 aliphatic carbocycles. The summed E-state index contributed by atoms with van der Waals surface area (Å²) in [6.07, 6.45) is 5.29. The summed E-state index contributed by atoms with van der Waals surface area (Å²) in [6, 6.07) is 3.91. The maximum absolute atomic E-state index is 11.4. The number of ketones is 1. The smallest absolute Gasteiger partial charge is 0.386 e. The van der Waals surface area contributed by atoms with Gasteiger partial charge >= 0.3 is 5.97 Å². The molecular formula is C12H7NO3S. The van der Waals surface area contributed by atoms with E-state index in [9.17, 15) is 9.59 Å². The van der Waals surface area contributed by atoms with Gasteiger partial charge in [-0.3, -0.25) is 4.79 Å². The summed E-state index contributed by atoms with van der Waals surface area (Å²) in [4.78, 5) is 23.6. The van der Waals surface area contributed by atoms with E-state index in [1.165, 1.54) is 0 Å². The zero-order chi connectivity index (χ0) is 11.8. The number of Topliss-reactive ketones (excluding diaryl/α,β-unsaturated/α-hetero) is 1. The first-order chi connectivity index (χ1) is 8.24. The van der Waals surface area contributed by atoms with Crippen LogP contribution in [-0.2, 0) is 14.3 Å². The van der Waals surface area contributed by atoms with Gasteiger partial charge in [0.15, 0.2) is 5.76 Å². The van der Waals surface area contributed by atoms with Crippen molar-refractivity contribution in [2.75, 3.05) is 0 Å².